The molecular weight excluding hydrogens is 148 g/mol. The van der Waals surface area contributed by atoms with Crippen LogP contribution >= 0.6 is 11.8 Å². The molecule has 0 bridgehead atoms. The summed E-state index contributed by atoms with van der Waals surface area (Å²) in [5.74, 6) is 1.07. The highest BCUT2D eigenvalue weighted by Gasteiger charge is 2.12. The Kier molecular flexibility index (Phi) is 3.02. The van der Waals surface area contributed by atoms with Crippen molar-refractivity contribution in [1.29, 1.82) is 0 Å². The minimum atomic E-state index is 0.297. The largest absolute Gasteiger partial charge is 0.382 e. The molecule has 3 nitrogen and oxygen atoms in total. The first-order valence-corrected chi connectivity index (χ1v) is 4.26. The smallest absolute Gasteiger partial charge is 0.154 e. The molecule has 0 radical (unpaired) electrons. The standard InChI is InChI=1S/C6H12N2OS/c1-9-4-5-2-3-10-6(7)8-5/h5H,2-4H2,1H3,(H2,7,8)/t5-/m1/s1. The molecule has 0 aliphatic carbocycles. The molecule has 2 N–H and O–H groups in total. The van der Waals surface area contributed by atoms with Crippen molar-refractivity contribution in [2.75, 3.05) is 19.5 Å². The third-order valence-corrected chi connectivity index (χ3v) is 2.21. The Hall–Kier alpha value is -0.220. The van der Waals surface area contributed by atoms with Crippen LogP contribution in [0.2, 0.25) is 0 Å². The Bertz CT molecular complexity index is 138. The molecule has 0 amide bonds. The van der Waals surface area contributed by atoms with E-state index in [1.807, 2.05) is 0 Å². The highest BCUT2D eigenvalue weighted by Crippen LogP contribution is 2.14. The van der Waals surface area contributed by atoms with Gasteiger partial charge in [-0.2, -0.15) is 0 Å². The average molecular weight is 160 g/mol. The number of rotatable bonds is 2. The van der Waals surface area contributed by atoms with Gasteiger partial charge in [0.15, 0.2) is 5.17 Å². The number of thioether (sulfide) groups is 1. The number of hydrogen-bond donors (Lipinski definition) is 1. The van der Waals surface area contributed by atoms with Gasteiger partial charge in [-0.1, -0.05) is 11.8 Å². The Morgan fingerprint density at radius 2 is 2.70 bits per heavy atom. The molecule has 1 aliphatic rings. The van der Waals surface area contributed by atoms with Crippen molar-refractivity contribution in [3.8, 4) is 0 Å². The molecule has 0 aromatic carbocycles. The van der Waals surface area contributed by atoms with Crippen molar-refractivity contribution in [2.45, 2.75) is 12.5 Å². The molecule has 0 aromatic rings. The van der Waals surface area contributed by atoms with Crippen LogP contribution in [0.15, 0.2) is 4.99 Å². The van der Waals surface area contributed by atoms with Gasteiger partial charge in [-0.3, -0.25) is 4.99 Å². The second-order valence-corrected chi connectivity index (χ2v) is 3.33. The molecule has 58 valence electrons. The molecule has 0 fully saturated rings. The molecule has 1 aliphatic heterocycles. The van der Waals surface area contributed by atoms with E-state index in [1.165, 1.54) is 0 Å². The fraction of sp³-hybridized carbons (Fsp3) is 0.833. The first-order valence-electron chi connectivity index (χ1n) is 3.28. The fourth-order valence-corrected chi connectivity index (χ4v) is 1.72. The molecule has 0 spiro atoms. The van der Waals surface area contributed by atoms with Crippen molar-refractivity contribution in [2.24, 2.45) is 10.7 Å². The quantitative estimate of drug-likeness (QED) is 0.638. The van der Waals surface area contributed by atoms with Crippen LogP contribution in [-0.2, 0) is 4.74 Å². The number of methoxy groups -OCH3 is 1. The van der Waals surface area contributed by atoms with Crippen molar-refractivity contribution in [3.05, 3.63) is 0 Å². The number of amidine groups is 1. The molecule has 10 heavy (non-hydrogen) atoms. The summed E-state index contributed by atoms with van der Waals surface area (Å²) in [4.78, 5) is 4.20. The van der Waals surface area contributed by atoms with Gasteiger partial charge in [-0.05, 0) is 6.42 Å². The number of nitrogens with zero attached hydrogens (tertiary/aromatic N) is 1. The molecule has 1 atom stereocenters. The number of nitrogens with two attached hydrogens (primary N) is 1. The van der Waals surface area contributed by atoms with Crippen molar-refractivity contribution >= 4 is 16.9 Å². The SMILES string of the molecule is COC[C@H]1CCSC(N)=N1. The van der Waals surface area contributed by atoms with Gasteiger partial charge in [0, 0.05) is 12.9 Å². The monoisotopic (exact) mass is 160 g/mol. The maximum absolute atomic E-state index is 5.51. The van der Waals surface area contributed by atoms with E-state index in [9.17, 15) is 0 Å². The predicted molar refractivity (Wildman–Crippen MR) is 44.4 cm³/mol. The van der Waals surface area contributed by atoms with Crippen LogP contribution in [-0.4, -0.2) is 30.7 Å². The molecule has 0 saturated heterocycles. The van der Waals surface area contributed by atoms with Crippen molar-refractivity contribution in [1.82, 2.24) is 0 Å². The van der Waals surface area contributed by atoms with E-state index in [0.29, 0.717) is 17.8 Å². The van der Waals surface area contributed by atoms with Gasteiger partial charge < -0.3 is 10.5 Å². The summed E-state index contributed by atoms with van der Waals surface area (Å²) in [5.41, 5.74) is 5.51. The van der Waals surface area contributed by atoms with Crippen LogP contribution in [0.3, 0.4) is 0 Å². The lowest BCUT2D eigenvalue weighted by Gasteiger charge is -2.16. The number of aliphatic imine (C=N–C) groups is 1. The Labute approximate surface area is 65.0 Å². The van der Waals surface area contributed by atoms with Gasteiger partial charge in [0.25, 0.3) is 0 Å². The summed E-state index contributed by atoms with van der Waals surface area (Å²) in [5, 5.41) is 0.702. The summed E-state index contributed by atoms with van der Waals surface area (Å²) in [6.45, 7) is 0.696. The van der Waals surface area contributed by atoms with Crippen LogP contribution in [0.25, 0.3) is 0 Å². The first-order chi connectivity index (χ1) is 4.83. The van der Waals surface area contributed by atoms with Crippen molar-refractivity contribution in [3.63, 3.8) is 0 Å². The molecule has 0 aromatic heterocycles. The lowest BCUT2D eigenvalue weighted by Crippen LogP contribution is -2.23. The Balaban J connectivity index is 2.38. The molecular formula is C6H12N2OS. The average Bonchev–Trinajstić information content (AvgIpc) is 1.88. The van der Waals surface area contributed by atoms with E-state index in [1.54, 1.807) is 18.9 Å². The van der Waals surface area contributed by atoms with Gasteiger partial charge >= 0.3 is 0 Å². The highest BCUT2D eigenvalue weighted by molar-refractivity contribution is 8.13. The van der Waals surface area contributed by atoms with Gasteiger partial charge in [-0.25, -0.2) is 0 Å². The minimum Gasteiger partial charge on any atom is -0.382 e. The fourth-order valence-electron chi connectivity index (χ4n) is 0.894. The minimum absolute atomic E-state index is 0.297. The third-order valence-electron chi connectivity index (χ3n) is 1.37. The van der Waals surface area contributed by atoms with Crippen LogP contribution in [0.4, 0.5) is 0 Å². The third kappa shape index (κ3) is 2.19. The van der Waals surface area contributed by atoms with Crippen LogP contribution < -0.4 is 5.73 Å². The topological polar surface area (TPSA) is 47.6 Å². The van der Waals surface area contributed by atoms with Crippen LogP contribution in [0.5, 0.6) is 0 Å². The lowest BCUT2D eigenvalue weighted by molar-refractivity contribution is 0.179. The van der Waals surface area contributed by atoms with E-state index in [4.69, 9.17) is 10.5 Å². The summed E-state index contributed by atoms with van der Waals surface area (Å²) >= 11 is 1.62. The Morgan fingerprint density at radius 3 is 3.30 bits per heavy atom. The molecule has 0 saturated carbocycles. The normalized spacial score (nSPS) is 26.1. The molecule has 4 heteroatoms. The zero-order valence-corrected chi connectivity index (χ0v) is 6.86. The first kappa shape index (κ1) is 7.88. The maximum atomic E-state index is 5.51. The van der Waals surface area contributed by atoms with E-state index in [2.05, 4.69) is 4.99 Å². The second-order valence-electron chi connectivity index (χ2n) is 2.21. The zero-order chi connectivity index (χ0) is 7.40. The van der Waals surface area contributed by atoms with Crippen LogP contribution in [0.1, 0.15) is 6.42 Å². The molecule has 1 rings (SSSR count). The molecule has 0 unspecified atom stereocenters. The summed E-state index contributed by atoms with van der Waals surface area (Å²) in [6.07, 6.45) is 1.08. The summed E-state index contributed by atoms with van der Waals surface area (Å²) in [7, 11) is 1.69. The van der Waals surface area contributed by atoms with Crippen LogP contribution in [0, 0.1) is 0 Å². The number of ether oxygens (including phenoxy) is 1. The maximum Gasteiger partial charge on any atom is 0.154 e. The zero-order valence-electron chi connectivity index (χ0n) is 6.04. The lowest BCUT2D eigenvalue weighted by atomic mass is 10.2. The van der Waals surface area contributed by atoms with Gasteiger partial charge in [-0.15, -0.1) is 0 Å². The summed E-state index contributed by atoms with van der Waals surface area (Å²) < 4.78 is 4.96. The second kappa shape index (κ2) is 3.83. The Morgan fingerprint density at radius 1 is 1.90 bits per heavy atom. The van der Waals surface area contributed by atoms with Gasteiger partial charge in [0.05, 0.1) is 12.6 Å². The van der Waals surface area contributed by atoms with Crippen molar-refractivity contribution < 1.29 is 4.74 Å². The van der Waals surface area contributed by atoms with Gasteiger partial charge in [0.1, 0.15) is 0 Å². The van der Waals surface area contributed by atoms with E-state index in [0.717, 1.165) is 12.2 Å². The van der Waals surface area contributed by atoms with E-state index in [-0.39, 0.29) is 0 Å². The summed E-state index contributed by atoms with van der Waals surface area (Å²) in [6, 6.07) is 0.297. The number of hydrogen-bond acceptors (Lipinski definition) is 4. The van der Waals surface area contributed by atoms with E-state index < -0.39 is 0 Å². The predicted octanol–water partition coefficient (Wildman–Crippen LogP) is 0.453. The van der Waals surface area contributed by atoms with Gasteiger partial charge in [0.2, 0.25) is 0 Å². The molecule has 1 heterocycles. The highest BCUT2D eigenvalue weighted by atomic mass is 32.2. The van der Waals surface area contributed by atoms with E-state index >= 15 is 0 Å².